The zero-order valence-electron chi connectivity index (χ0n) is 4.22. The van der Waals surface area contributed by atoms with E-state index in [9.17, 15) is 4.79 Å². The second-order valence-electron chi connectivity index (χ2n) is 1.29. The number of amides is 1. The second kappa shape index (κ2) is 2.47. The van der Waals surface area contributed by atoms with Crippen molar-refractivity contribution in [2.45, 2.75) is 13.0 Å². The van der Waals surface area contributed by atoms with E-state index < -0.39 is 6.04 Å². The predicted octanol–water partition coefficient (Wildman–Crippen LogP) is -0.439. The van der Waals surface area contributed by atoms with Crippen LogP contribution in [0.4, 0.5) is 0 Å². The Kier molecular flexibility index (Phi) is 2.22. The molecule has 0 aliphatic rings. The second-order valence-corrected chi connectivity index (χ2v) is 1.29. The number of carbonyl (C=O) groups excluding carboxylic acids is 1. The molecule has 0 saturated heterocycles. The number of aliphatic imine (C=N–C) groups is 1. The molecule has 0 fully saturated rings. The van der Waals surface area contributed by atoms with E-state index in [4.69, 9.17) is 5.73 Å². The highest BCUT2D eigenvalue weighted by Gasteiger charge is 2.00. The van der Waals surface area contributed by atoms with Crippen LogP contribution in [0.5, 0.6) is 0 Å². The van der Waals surface area contributed by atoms with Gasteiger partial charge in [-0.25, -0.2) is 4.99 Å². The molecule has 1 amide bonds. The van der Waals surface area contributed by atoms with Crippen LogP contribution in [0.2, 0.25) is 0 Å². The van der Waals surface area contributed by atoms with Gasteiger partial charge in [0.1, 0.15) is 0 Å². The van der Waals surface area contributed by atoms with Gasteiger partial charge in [0, 0.05) is 0 Å². The Morgan fingerprint density at radius 1 is 2.00 bits per heavy atom. The minimum atomic E-state index is -0.502. The normalized spacial score (nSPS) is 12.9. The van der Waals surface area contributed by atoms with Crippen LogP contribution >= 0.6 is 0 Å². The lowest BCUT2D eigenvalue weighted by Gasteiger charge is -1.92. The van der Waals surface area contributed by atoms with Gasteiger partial charge in [0.2, 0.25) is 0 Å². The fourth-order valence-electron chi connectivity index (χ4n) is 0.144. The fraction of sp³-hybridized carbons (Fsp3) is 0.500. The van der Waals surface area contributed by atoms with Gasteiger partial charge < -0.3 is 5.73 Å². The molecule has 0 spiro atoms. The van der Waals surface area contributed by atoms with Crippen molar-refractivity contribution in [3.8, 4) is 0 Å². The zero-order valence-corrected chi connectivity index (χ0v) is 4.22. The third-order valence-corrected chi connectivity index (χ3v) is 0.545. The van der Waals surface area contributed by atoms with E-state index in [1.165, 1.54) is 0 Å². The maximum atomic E-state index is 10.2. The number of nitrogens with zero attached hydrogens (tertiary/aromatic N) is 1. The smallest absolute Gasteiger partial charge is 0.261 e. The van der Waals surface area contributed by atoms with Gasteiger partial charge in [0.05, 0.1) is 6.04 Å². The molecule has 0 unspecified atom stereocenters. The highest BCUT2D eigenvalue weighted by atomic mass is 16.1. The summed E-state index contributed by atoms with van der Waals surface area (Å²) in [5, 5.41) is 0. The third kappa shape index (κ3) is 2.05. The first-order valence-electron chi connectivity index (χ1n) is 1.94. The van der Waals surface area contributed by atoms with Gasteiger partial charge in [-0.1, -0.05) is 0 Å². The first-order chi connectivity index (χ1) is 3.18. The summed E-state index contributed by atoms with van der Waals surface area (Å²) in [5.74, 6) is -0.361. The summed E-state index contributed by atoms with van der Waals surface area (Å²) in [7, 11) is 0. The third-order valence-electron chi connectivity index (χ3n) is 0.545. The van der Waals surface area contributed by atoms with Crippen molar-refractivity contribution in [3.63, 3.8) is 0 Å². The molecule has 0 saturated carbocycles. The zero-order chi connectivity index (χ0) is 5.86. The monoisotopic (exact) mass is 100 g/mol. The molecule has 0 rings (SSSR count). The molecule has 0 bridgehead atoms. The van der Waals surface area contributed by atoms with Crippen LogP contribution in [0.15, 0.2) is 4.99 Å². The fourth-order valence-corrected chi connectivity index (χ4v) is 0.144. The van der Waals surface area contributed by atoms with E-state index in [1.54, 1.807) is 6.92 Å². The van der Waals surface area contributed by atoms with Crippen molar-refractivity contribution >= 4 is 12.6 Å². The lowest BCUT2D eigenvalue weighted by atomic mass is 10.4. The Labute approximate surface area is 42.2 Å². The standard InChI is InChI=1S/C4H8N2O/c1-3(5)4(7)6-2/h3H,2,5H2,1H3/t3-/m0/s1. The Morgan fingerprint density at radius 3 is 2.43 bits per heavy atom. The molecule has 3 heteroatoms. The topological polar surface area (TPSA) is 55.5 Å². The highest BCUT2D eigenvalue weighted by Crippen LogP contribution is 1.76. The highest BCUT2D eigenvalue weighted by molar-refractivity contribution is 5.84. The Bertz CT molecular complexity index is 87.7. The van der Waals surface area contributed by atoms with E-state index >= 15 is 0 Å². The van der Waals surface area contributed by atoms with Crippen molar-refractivity contribution in [3.05, 3.63) is 0 Å². The molecule has 0 aliphatic heterocycles. The van der Waals surface area contributed by atoms with Crippen molar-refractivity contribution in [1.29, 1.82) is 0 Å². The van der Waals surface area contributed by atoms with Crippen LogP contribution in [-0.2, 0) is 4.79 Å². The maximum absolute atomic E-state index is 10.2. The van der Waals surface area contributed by atoms with Crippen LogP contribution in [-0.4, -0.2) is 18.7 Å². The Balaban J connectivity index is 3.56. The molecule has 3 nitrogen and oxygen atoms in total. The molecule has 0 aliphatic carbocycles. The van der Waals surface area contributed by atoms with Gasteiger partial charge in [0.15, 0.2) is 0 Å². The van der Waals surface area contributed by atoms with E-state index in [2.05, 4.69) is 11.7 Å². The number of carbonyl (C=O) groups is 1. The number of rotatable bonds is 1. The molecule has 40 valence electrons. The number of hydrogen-bond donors (Lipinski definition) is 1. The summed E-state index contributed by atoms with van der Waals surface area (Å²) >= 11 is 0. The molecule has 1 atom stereocenters. The van der Waals surface area contributed by atoms with Gasteiger partial charge in [-0.3, -0.25) is 4.79 Å². The van der Waals surface area contributed by atoms with Crippen molar-refractivity contribution in [2.24, 2.45) is 10.7 Å². The first kappa shape index (κ1) is 6.30. The van der Waals surface area contributed by atoms with Crippen LogP contribution in [0.3, 0.4) is 0 Å². The summed E-state index contributed by atoms with van der Waals surface area (Å²) in [6, 6.07) is -0.502. The van der Waals surface area contributed by atoms with Crippen LogP contribution in [0.25, 0.3) is 0 Å². The summed E-state index contributed by atoms with van der Waals surface area (Å²) in [6.07, 6.45) is 0. The molecular weight excluding hydrogens is 92.1 g/mol. The van der Waals surface area contributed by atoms with Crippen molar-refractivity contribution in [1.82, 2.24) is 0 Å². The molecular formula is C4H8N2O. The van der Waals surface area contributed by atoms with Gasteiger partial charge in [-0.2, -0.15) is 0 Å². The molecule has 7 heavy (non-hydrogen) atoms. The Morgan fingerprint density at radius 2 is 2.43 bits per heavy atom. The van der Waals surface area contributed by atoms with Gasteiger partial charge in [0.25, 0.3) is 5.91 Å². The van der Waals surface area contributed by atoms with Gasteiger partial charge in [-0.15, -0.1) is 0 Å². The molecule has 0 aromatic carbocycles. The van der Waals surface area contributed by atoms with E-state index in [0.717, 1.165) is 0 Å². The van der Waals surface area contributed by atoms with Gasteiger partial charge >= 0.3 is 0 Å². The predicted molar refractivity (Wildman–Crippen MR) is 28.2 cm³/mol. The summed E-state index contributed by atoms with van der Waals surface area (Å²) < 4.78 is 0. The SMILES string of the molecule is C=NC(=O)[C@H](C)N. The van der Waals surface area contributed by atoms with Crippen LogP contribution < -0.4 is 5.73 Å². The minimum absolute atomic E-state index is 0.361. The number of hydrogen-bond acceptors (Lipinski definition) is 2. The van der Waals surface area contributed by atoms with Crippen molar-refractivity contribution < 1.29 is 4.79 Å². The first-order valence-corrected chi connectivity index (χ1v) is 1.94. The van der Waals surface area contributed by atoms with Crippen LogP contribution in [0, 0.1) is 0 Å². The minimum Gasteiger partial charge on any atom is -0.320 e. The Hall–Kier alpha value is -0.700. The molecule has 2 N–H and O–H groups in total. The average Bonchev–Trinajstić information content (AvgIpc) is 1.65. The lowest BCUT2D eigenvalue weighted by Crippen LogP contribution is -2.24. The van der Waals surface area contributed by atoms with Gasteiger partial charge in [-0.05, 0) is 13.6 Å². The summed E-state index contributed by atoms with van der Waals surface area (Å²) in [4.78, 5) is 13.2. The number of nitrogens with two attached hydrogens (primary N) is 1. The van der Waals surface area contributed by atoms with E-state index in [1.807, 2.05) is 0 Å². The molecule has 0 heterocycles. The van der Waals surface area contributed by atoms with Crippen molar-refractivity contribution in [2.75, 3.05) is 0 Å². The average molecular weight is 100 g/mol. The van der Waals surface area contributed by atoms with E-state index in [0.29, 0.717) is 0 Å². The quantitative estimate of drug-likeness (QED) is 0.454. The molecule has 0 aromatic heterocycles. The lowest BCUT2D eigenvalue weighted by molar-refractivity contribution is -0.118. The summed E-state index contributed by atoms with van der Waals surface area (Å²) in [6.45, 7) is 4.57. The molecule has 0 radical (unpaired) electrons. The summed E-state index contributed by atoms with van der Waals surface area (Å²) in [5.41, 5.74) is 5.06. The molecule has 0 aromatic rings. The largest absolute Gasteiger partial charge is 0.320 e. The van der Waals surface area contributed by atoms with Crippen LogP contribution in [0.1, 0.15) is 6.92 Å². The van der Waals surface area contributed by atoms with E-state index in [-0.39, 0.29) is 5.91 Å². The maximum Gasteiger partial charge on any atom is 0.261 e.